The number of carbonyl (C=O) groups is 2. The molecule has 0 amide bonds. The van der Waals surface area contributed by atoms with E-state index in [4.69, 9.17) is 4.74 Å². The van der Waals surface area contributed by atoms with E-state index in [0.717, 1.165) is 23.1 Å². The number of hydrogen-bond donors (Lipinski definition) is 4. The first-order valence-electron chi connectivity index (χ1n) is 13.7. The zero-order chi connectivity index (χ0) is 30.9. The molecule has 8 heteroatoms. The van der Waals surface area contributed by atoms with E-state index in [1.54, 1.807) is 19.2 Å². The number of carboxylic acids is 2. The molecule has 0 saturated carbocycles. The Kier molecular flexibility index (Phi) is 14.7. The van der Waals surface area contributed by atoms with Crippen molar-refractivity contribution in [2.75, 3.05) is 30.8 Å². The highest BCUT2D eigenvalue weighted by Gasteiger charge is 2.23. The second-order valence-electron chi connectivity index (χ2n) is 9.25. The van der Waals surface area contributed by atoms with Gasteiger partial charge in [0.25, 0.3) is 0 Å². The van der Waals surface area contributed by atoms with E-state index >= 15 is 0 Å². The lowest BCUT2D eigenvalue weighted by Gasteiger charge is -2.17. The molecule has 0 saturated heterocycles. The second kappa shape index (κ2) is 18.2. The van der Waals surface area contributed by atoms with Gasteiger partial charge in [0.15, 0.2) is 0 Å². The van der Waals surface area contributed by atoms with Crippen molar-refractivity contribution in [2.24, 2.45) is 0 Å². The molecule has 0 aliphatic heterocycles. The van der Waals surface area contributed by atoms with Crippen LogP contribution >= 0.6 is 15.9 Å². The van der Waals surface area contributed by atoms with Gasteiger partial charge < -0.3 is 25.6 Å². The number of ether oxygens (including phenoxy) is 1. The maximum Gasteiger partial charge on any atom is 0.336 e. The summed E-state index contributed by atoms with van der Waals surface area (Å²) in [6.07, 6.45) is 0.575. The molecular weight excluding hydrogens is 596 g/mol. The van der Waals surface area contributed by atoms with Crippen LogP contribution in [0, 0.1) is 0 Å². The molecule has 0 radical (unpaired) electrons. The van der Waals surface area contributed by atoms with Gasteiger partial charge in [0.05, 0.1) is 22.7 Å². The van der Waals surface area contributed by atoms with E-state index in [2.05, 4.69) is 64.7 Å². The quantitative estimate of drug-likeness (QED) is 0.139. The van der Waals surface area contributed by atoms with Gasteiger partial charge in [0.2, 0.25) is 0 Å². The molecule has 4 aromatic rings. The number of anilines is 2. The minimum atomic E-state index is -1.24. The van der Waals surface area contributed by atoms with Crippen LogP contribution in [-0.2, 0) is 6.42 Å². The summed E-state index contributed by atoms with van der Waals surface area (Å²) in [5.74, 6) is -1.92. The van der Waals surface area contributed by atoms with Gasteiger partial charge in [0.1, 0.15) is 5.75 Å². The van der Waals surface area contributed by atoms with Crippen molar-refractivity contribution < 1.29 is 24.5 Å². The van der Waals surface area contributed by atoms with Crippen LogP contribution in [0.3, 0.4) is 0 Å². The second-order valence-corrected chi connectivity index (χ2v) is 10.1. The third-order valence-electron chi connectivity index (χ3n) is 6.14. The lowest BCUT2D eigenvalue weighted by molar-refractivity contribution is 0.0650. The van der Waals surface area contributed by atoms with Crippen molar-refractivity contribution in [1.29, 1.82) is 0 Å². The molecule has 1 atom stereocenters. The largest absolute Gasteiger partial charge is 0.496 e. The van der Waals surface area contributed by atoms with Crippen LogP contribution < -0.4 is 15.4 Å². The van der Waals surface area contributed by atoms with Crippen LogP contribution in [0.5, 0.6) is 5.75 Å². The topological polar surface area (TPSA) is 108 Å². The normalized spacial score (nSPS) is 10.6. The molecular formula is C34H39BrN2O5. The molecule has 42 heavy (non-hydrogen) atoms. The van der Waals surface area contributed by atoms with Crippen LogP contribution in [0.25, 0.3) is 0 Å². The van der Waals surface area contributed by atoms with Crippen molar-refractivity contribution >= 4 is 39.2 Å². The van der Waals surface area contributed by atoms with Gasteiger partial charge >= 0.3 is 11.9 Å². The lowest BCUT2D eigenvalue weighted by atomic mass is 9.88. The number of benzene rings is 4. The Balaban J connectivity index is 0.000000277. The molecule has 4 aromatic carbocycles. The Morgan fingerprint density at radius 2 is 1.33 bits per heavy atom. The van der Waals surface area contributed by atoms with E-state index in [9.17, 15) is 19.8 Å². The maximum atomic E-state index is 11.6. The highest BCUT2D eigenvalue weighted by atomic mass is 79.9. The molecule has 4 rings (SSSR count). The van der Waals surface area contributed by atoms with Gasteiger partial charge in [-0.25, -0.2) is 9.59 Å². The first-order valence-corrected chi connectivity index (χ1v) is 14.5. The summed E-state index contributed by atoms with van der Waals surface area (Å²) in [5.41, 5.74) is 3.55. The fourth-order valence-corrected chi connectivity index (χ4v) is 4.81. The summed E-state index contributed by atoms with van der Waals surface area (Å²) < 4.78 is 6.00. The number of para-hydroxylation sites is 2. The first kappa shape index (κ1) is 33.9. The SMILES string of the molecule is CCNc1ccccc1.CCNc1ccccc1.COc1ccc(CC(C)c2cccc(C(=O)O)c2C(=O)O)cc1Br. The molecule has 0 bridgehead atoms. The molecule has 7 nitrogen and oxygen atoms in total. The van der Waals surface area contributed by atoms with Crippen LogP contribution in [-0.4, -0.2) is 42.4 Å². The lowest BCUT2D eigenvalue weighted by Crippen LogP contribution is -2.14. The molecule has 0 aliphatic carbocycles. The van der Waals surface area contributed by atoms with Gasteiger partial charge in [-0.05, 0) is 95.7 Å². The number of nitrogens with one attached hydrogen (secondary N) is 2. The van der Waals surface area contributed by atoms with Gasteiger partial charge in [-0.1, -0.05) is 61.5 Å². The van der Waals surface area contributed by atoms with Crippen molar-refractivity contribution in [3.8, 4) is 5.75 Å². The molecule has 4 N–H and O–H groups in total. The van der Waals surface area contributed by atoms with Crippen LogP contribution in [0.4, 0.5) is 11.4 Å². The summed E-state index contributed by atoms with van der Waals surface area (Å²) in [6.45, 7) is 8.04. The summed E-state index contributed by atoms with van der Waals surface area (Å²) in [4.78, 5) is 22.8. The Morgan fingerprint density at radius 1 is 0.786 bits per heavy atom. The van der Waals surface area contributed by atoms with E-state index in [-0.39, 0.29) is 17.0 Å². The van der Waals surface area contributed by atoms with E-state index < -0.39 is 11.9 Å². The Labute approximate surface area is 256 Å². The van der Waals surface area contributed by atoms with E-state index in [0.29, 0.717) is 17.7 Å². The van der Waals surface area contributed by atoms with Gasteiger partial charge in [-0.3, -0.25) is 0 Å². The molecule has 0 fully saturated rings. The number of halogens is 1. The predicted molar refractivity (Wildman–Crippen MR) is 174 cm³/mol. The fraction of sp³-hybridized carbons (Fsp3) is 0.235. The van der Waals surface area contributed by atoms with E-state index in [1.807, 2.05) is 61.5 Å². The van der Waals surface area contributed by atoms with Gasteiger partial charge in [0, 0.05) is 24.5 Å². The summed E-state index contributed by atoms with van der Waals surface area (Å²) >= 11 is 3.43. The number of hydrogen-bond acceptors (Lipinski definition) is 5. The van der Waals surface area contributed by atoms with Gasteiger partial charge in [-0.15, -0.1) is 0 Å². The van der Waals surface area contributed by atoms with E-state index in [1.165, 1.54) is 17.4 Å². The zero-order valence-electron chi connectivity index (χ0n) is 24.4. The molecule has 222 valence electrons. The third-order valence-corrected chi connectivity index (χ3v) is 6.76. The number of carboxylic acid groups (broad SMARTS) is 2. The maximum absolute atomic E-state index is 11.6. The minimum Gasteiger partial charge on any atom is -0.496 e. The first-order chi connectivity index (χ1) is 20.2. The van der Waals surface area contributed by atoms with Crippen molar-refractivity contribution in [3.63, 3.8) is 0 Å². The van der Waals surface area contributed by atoms with Crippen LogP contribution in [0.15, 0.2) is 102 Å². The Bertz CT molecular complexity index is 1360. The number of aromatic carboxylic acids is 2. The Hall–Kier alpha value is -4.30. The molecule has 0 heterocycles. The Morgan fingerprint density at radius 3 is 1.76 bits per heavy atom. The number of methoxy groups -OCH3 is 1. The predicted octanol–water partition coefficient (Wildman–Crippen LogP) is 8.44. The number of rotatable bonds is 10. The van der Waals surface area contributed by atoms with Gasteiger partial charge in [-0.2, -0.15) is 0 Å². The molecule has 0 spiro atoms. The summed E-state index contributed by atoms with van der Waals surface area (Å²) in [5, 5.41) is 25.1. The molecule has 1 unspecified atom stereocenters. The van der Waals surface area contributed by atoms with Crippen LogP contribution in [0.1, 0.15) is 58.5 Å². The fourth-order valence-electron chi connectivity index (χ4n) is 4.22. The highest BCUT2D eigenvalue weighted by molar-refractivity contribution is 9.10. The van der Waals surface area contributed by atoms with Crippen molar-refractivity contribution in [1.82, 2.24) is 0 Å². The zero-order valence-corrected chi connectivity index (χ0v) is 26.0. The third kappa shape index (κ3) is 10.9. The average Bonchev–Trinajstić information content (AvgIpc) is 2.99. The summed E-state index contributed by atoms with van der Waals surface area (Å²) in [6, 6.07) is 30.6. The molecule has 0 aliphatic rings. The van der Waals surface area contributed by atoms with Crippen molar-refractivity contribution in [2.45, 2.75) is 33.1 Å². The minimum absolute atomic E-state index is 0.148. The molecule has 0 aromatic heterocycles. The summed E-state index contributed by atoms with van der Waals surface area (Å²) in [7, 11) is 1.58. The average molecular weight is 636 g/mol. The standard InChI is InChI=1S/C18H17BrO5.2C8H11N/c1-10(8-11-6-7-15(24-2)14(19)9-11)12-4-3-5-13(17(20)21)16(12)18(22)23;2*1-2-9-8-6-4-3-5-7-8/h3-7,9-10H,8H2,1-2H3,(H,20,21)(H,22,23);2*3-7,9H,2H2,1H3. The monoisotopic (exact) mass is 634 g/mol. The van der Waals surface area contributed by atoms with Crippen LogP contribution in [0.2, 0.25) is 0 Å². The van der Waals surface area contributed by atoms with Crippen molar-refractivity contribution in [3.05, 3.63) is 124 Å². The smallest absolute Gasteiger partial charge is 0.336 e. The highest BCUT2D eigenvalue weighted by Crippen LogP contribution is 2.30.